The third kappa shape index (κ3) is 4.77. The molecule has 0 saturated carbocycles. The standard InChI is InChI=1S/C17H18F2N2O4S/c1-11(12-5-9-15(10-6-12)26(20,23)24)21(2)16(22)13-3-7-14(8-4-13)25-17(18)19/h3-11,17H,1-2H3,(H2,20,23,24). The van der Waals surface area contributed by atoms with Crippen LogP contribution in [0.3, 0.4) is 0 Å². The zero-order chi connectivity index (χ0) is 19.5. The first-order chi connectivity index (χ1) is 12.1. The number of sulfonamides is 1. The average Bonchev–Trinajstić information content (AvgIpc) is 2.59. The Morgan fingerprint density at radius 3 is 2.08 bits per heavy atom. The molecular weight excluding hydrogens is 366 g/mol. The van der Waals surface area contributed by atoms with Gasteiger partial charge in [-0.05, 0) is 48.9 Å². The van der Waals surface area contributed by atoms with Crippen LogP contribution in [0, 0.1) is 0 Å². The number of hydrogen-bond acceptors (Lipinski definition) is 4. The van der Waals surface area contributed by atoms with E-state index in [1.165, 1.54) is 41.3 Å². The summed E-state index contributed by atoms with van der Waals surface area (Å²) in [6, 6.07) is 10.9. The van der Waals surface area contributed by atoms with Crippen LogP contribution in [-0.4, -0.2) is 32.9 Å². The van der Waals surface area contributed by atoms with E-state index in [1.54, 1.807) is 26.1 Å². The minimum absolute atomic E-state index is 0.0166. The fourth-order valence-electron chi connectivity index (χ4n) is 2.32. The highest BCUT2D eigenvalue weighted by molar-refractivity contribution is 7.89. The molecule has 9 heteroatoms. The molecule has 0 spiro atoms. The lowest BCUT2D eigenvalue weighted by Crippen LogP contribution is -2.29. The first kappa shape index (κ1) is 19.8. The van der Waals surface area contributed by atoms with Crippen molar-refractivity contribution >= 4 is 15.9 Å². The van der Waals surface area contributed by atoms with Crippen molar-refractivity contribution in [3.8, 4) is 5.75 Å². The lowest BCUT2D eigenvalue weighted by atomic mass is 10.1. The van der Waals surface area contributed by atoms with E-state index in [0.29, 0.717) is 11.1 Å². The monoisotopic (exact) mass is 384 g/mol. The Kier molecular flexibility index (Phi) is 5.94. The highest BCUT2D eigenvalue weighted by Gasteiger charge is 2.20. The molecule has 0 saturated heterocycles. The summed E-state index contributed by atoms with van der Waals surface area (Å²) in [7, 11) is -2.20. The molecule has 1 unspecified atom stereocenters. The van der Waals surface area contributed by atoms with Crippen LogP contribution in [0.15, 0.2) is 53.4 Å². The number of nitrogens with zero attached hydrogens (tertiary/aromatic N) is 1. The predicted molar refractivity (Wildman–Crippen MR) is 91.4 cm³/mol. The van der Waals surface area contributed by atoms with Crippen molar-refractivity contribution in [3.63, 3.8) is 0 Å². The first-order valence-corrected chi connectivity index (χ1v) is 9.09. The van der Waals surface area contributed by atoms with Crippen molar-refractivity contribution in [1.82, 2.24) is 4.90 Å². The molecule has 0 aromatic heterocycles. The van der Waals surface area contributed by atoms with Crippen LogP contribution in [0.4, 0.5) is 8.78 Å². The zero-order valence-electron chi connectivity index (χ0n) is 14.1. The number of rotatable bonds is 6. The molecule has 0 fully saturated rings. The van der Waals surface area contributed by atoms with Gasteiger partial charge >= 0.3 is 6.61 Å². The van der Waals surface area contributed by atoms with Crippen molar-refractivity contribution in [2.45, 2.75) is 24.5 Å². The van der Waals surface area contributed by atoms with Crippen molar-refractivity contribution in [1.29, 1.82) is 0 Å². The Bertz CT molecular complexity index is 869. The number of benzene rings is 2. The number of ether oxygens (including phenoxy) is 1. The molecule has 6 nitrogen and oxygen atoms in total. The van der Waals surface area contributed by atoms with Crippen LogP contribution in [0.25, 0.3) is 0 Å². The van der Waals surface area contributed by atoms with Gasteiger partial charge in [0.1, 0.15) is 5.75 Å². The predicted octanol–water partition coefficient (Wildman–Crippen LogP) is 2.77. The van der Waals surface area contributed by atoms with Gasteiger partial charge in [0.05, 0.1) is 10.9 Å². The number of carbonyl (C=O) groups excluding carboxylic acids is 1. The maximum Gasteiger partial charge on any atom is 0.387 e. The van der Waals surface area contributed by atoms with Gasteiger partial charge in [-0.1, -0.05) is 12.1 Å². The Morgan fingerprint density at radius 2 is 1.62 bits per heavy atom. The molecule has 0 aliphatic carbocycles. The molecule has 0 aliphatic heterocycles. The third-order valence-corrected chi connectivity index (χ3v) is 4.85. The van der Waals surface area contributed by atoms with Gasteiger partial charge in [0.15, 0.2) is 0 Å². The quantitative estimate of drug-likeness (QED) is 0.829. The second-order valence-electron chi connectivity index (χ2n) is 5.61. The number of primary sulfonamides is 1. The Labute approximate surface area is 150 Å². The Balaban J connectivity index is 2.14. The summed E-state index contributed by atoms with van der Waals surface area (Å²) in [6.45, 7) is -1.16. The Hall–Kier alpha value is -2.52. The van der Waals surface area contributed by atoms with Gasteiger partial charge in [0.25, 0.3) is 5.91 Å². The molecule has 1 amide bonds. The molecule has 1 atom stereocenters. The van der Waals surface area contributed by atoms with E-state index in [0.717, 1.165) is 0 Å². The molecule has 0 radical (unpaired) electrons. The second kappa shape index (κ2) is 7.79. The van der Waals surface area contributed by atoms with Crippen LogP contribution in [0.2, 0.25) is 0 Å². The largest absolute Gasteiger partial charge is 0.435 e. The molecule has 0 heterocycles. The van der Waals surface area contributed by atoms with E-state index >= 15 is 0 Å². The number of halogens is 2. The lowest BCUT2D eigenvalue weighted by molar-refractivity contribution is -0.0498. The van der Waals surface area contributed by atoms with Crippen molar-refractivity contribution < 1.29 is 26.7 Å². The maximum atomic E-state index is 12.5. The summed E-state index contributed by atoms with van der Waals surface area (Å²) >= 11 is 0. The number of nitrogens with two attached hydrogens (primary N) is 1. The third-order valence-electron chi connectivity index (χ3n) is 3.92. The van der Waals surface area contributed by atoms with Crippen LogP contribution in [0.5, 0.6) is 5.75 Å². The van der Waals surface area contributed by atoms with E-state index in [9.17, 15) is 22.0 Å². The van der Waals surface area contributed by atoms with Crippen LogP contribution in [-0.2, 0) is 10.0 Å². The van der Waals surface area contributed by atoms with Gasteiger partial charge in [-0.2, -0.15) is 8.78 Å². The molecule has 2 aromatic rings. The Morgan fingerprint density at radius 1 is 1.08 bits per heavy atom. The average molecular weight is 384 g/mol. The minimum atomic E-state index is -3.78. The summed E-state index contributed by atoms with van der Waals surface area (Å²) < 4.78 is 51.2. The zero-order valence-corrected chi connectivity index (χ0v) is 14.9. The van der Waals surface area contributed by atoms with Gasteiger partial charge < -0.3 is 9.64 Å². The van der Waals surface area contributed by atoms with Gasteiger partial charge in [-0.3, -0.25) is 4.79 Å². The smallest absolute Gasteiger partial charge is 0.387 e. The summed E-state index contributed by atoms with van der Waals surface area (Å²) in [4.78, 5) is 14.0. The topological polar surface area (TPSA) is 89.7 Å². The molecule has 26 heavy (non-hydrogen) atoms. The number of hydrogen-bond donors (Lipinski definition) is 1. The van der Waals surface area contributed by atoms with E-state index in [1.807, 2.05) is 0 Å². The lowest BCUT2D eigenvalue weighted by Gasteiger charge is -2.25. The summed E-state index contributed by atoms with van der Waals surface area (Å²) in [5, 5.41) is 5.06. The van der Waals surface area contributed by atoms with Gasteiger partial charge in [-0.15, -0.1) is 0 Å². The van der Waals surface area contributed by atoms with Crippen LogP contribution in [0.1, 0.15) is 28.9 Å². The number of amides is 1. The molecule has 2 N–H and O–H groups in total. The summed E-state index contributed by atoms with van der Waals surface area (Å²) in [5.74, 6) is -0.359. The van der Waals surface area contributed by atoms with Gasteiger partial charge in [0.2, 0.25) is 10.0 Å². The number of carbonyl (C=O) groups is 1. The van der Waals surface area contributed by atoms with Gasteiger partial charge in [0, 0.05) is 12.6 Å². The normalized spacial score (nSPS) is 12.7. The van der Waals surface area contributed by atoms with Crippen LogP contribution >= 0.6 is 0 Å². The minimum Gasteiger partial charge on any atom is -0.435 e. The van der Waals surface area contributed by atoms with Crippen LogP contribution < -0.4 is 9.88 Å². The highest BCUT2D eigenvalue weighted by atomic mass is 32.2. The molecule has 0 bridgehead atoms. The number of alkyl halides is 2. The fraction of sp³-hybridized carbons (Fsp3) is 0.235. The van der Waals surface area contributed by atoms with E-state index < -0.39 is 16.6 Å². The highest BCUT2D eigenvalue weighted by Crippen LogP contribution is 2.23. The SMILES string of the molecule is CC(c1ccc(S(N)(=O)=O)cc1)N(C)C(=O)c1ccc(OC(F)F)cc1. The van der Waals surface area contributed by atoms with Crippen molar-refractivity contribution in [2.24, 2.45) is 5.14 Å². The summed E-state index contributed by atoms with van der Waals surface area (Å²) in [6.07, 6.45) is 0. The fourth-order valence-corrected chi connectivity index (χ4v) is 2.83. The van der Waals surface area contributed by atoms with E-state index in [4.69, 9.17) is 5.14 Å². The van der Waals surface area contributed by atoms with E-state index in [2.05, 4.69) is 4.74 Å². The molecule has 2 aromatic carbocycles. The maximum absolute atomic E-state index is 12.5. The van der Waals surface area contributed by atoms with Crippen molar-refractivity contribution in [2.75, 3.05) is 7.05 Å². The second-order valence-corrected chi connectivity index (χ2v) is 7.17. The molecular formula is C17H18F2N2O4S. The van der Waals surface area contributed by atoms with E-state index in [-0.39, 0.29) is 22.6 Å². The molecule has 0 aliphatic rings. The summed E-state index contributed by atoms with van der Waals surface area (Å²) in [5.41, 5.74) is 1.02. The van der Waals surface area contributed by atoms with Crippen molar-refractivity contribution in [3.05, 3.63) is 59.7 Å². The van der Waals surface area contributed by atoms with Gasteiger partial charge in [-0.25, -0.2) is 13.6 Å². The molecule has 140 valence electrons. The first-order valence-electron chi connectivity index (χ1n) is 7.54. The molecule has 2 rings (SSSR count).